The zero-order chi connectivity index (χ0) is 27.1. The minimum Gasteiger partial charge on any atom is -0.466 e. The summed E-state index contributed by atoms with van der Waals surface area (Å²) in [6.45, 7) is 11.6. The first-order valence-electron chi connectivity index (χ1n) is 14.4. The molecule has 0 spiro atoms. The van der Waals surface area contributed by atoms with Crippen molar-refractivity contribution in [3.05, 3.63) is 0 Å². The number of esters is 2. The molecule has 220 valence electrons. The summed E-state index contributed by atoms with van der Waals surface area (Å²) >= 11 is 0. The van der Waals surface area contributed by atoms with E-state index in [0.717, 1.165) is 65.0 Å². The molecule has 0 aliphatic heterocycles. The van der Waals surface area contributed by atoms with Crippen molar-refractivity contribution >= 4 is 11.9 Å². The average Bonchev–Trinajstić information content (AvgIpc) is 2.89. The van der Waals surface area contributed by atoms with Crippen molar-refractivity contribution in [3.63, 3.8) is 0 Å². The van der Waals surface area contributed by atoms with Crippen LogP contribution < -0.4 is 0 Å². The fourth-order valence-electron chi connectivity index (χ4n) is 3.00. The standard InChI is InChI=1S/C28H54O9/c1-3-5-15-31-19-9-21-34-23-11-25-36-27(29)13-7-17-33-18-8-14-28(30)37-26-12-24-35-22-10-20-32-16-6-4-2/h3-26H2,1-2H3. The highest BCUT2D eigenvalue weighted by molar-refractivity contribution is 5.69. The quantitative estimate of drug-likeness (QED) is 0.0943. The summed E-state index contributed by atoms with van der Waals surface area (Å²) in [5.74, 6) is -0.443. The number of carbonyl (C=O) groups excluding carboxylic acids is 2. The van der Waals surface area contributed by atoms with Gasteiger partial charge in [0, 0.05) is 91.8 Å². The molecule has 37 heavy (non-hydrogen) atoms. The fraction of sp³-hybridized carbons (Fsp3) is 0.929. The van der Waals surface area contributed by atoms with Crippen LogP contribution in [-0.4, -0.2) is 91.2 Å². The van der Waals surface area contributed by atoms with Crippen molar-refractivity contribution in [1.82, 2.24) is 0 Å². The third-order valence-electron chi connectivity index (χ3n) is 5.17. The summed E-state index contributed by atoms with van der Waals surface area (Å²) in [7, 11) is 0. The number of ether oxygens (including phenoxy) is 7. The molecule has 0 atom stereocenters. The van der Waals surface area contributed by atoms with Gasteiger partial charge in [0.2, 0.25) is 0 Å². The maximum atomic E-state index is 11.7. The minimum absolute atomic E-state index is 0.221. The Bertz CT molecular complexity index is 446. The Morgan fingerprint density at radius 3 is 0.973 bits per heavy atom. The van der Waals surface area contributed by atoms with Crippen LogP contribution in [0.15, 0.2) is 0 Å². The molecule has 0 saturated heterocycles. The lowest BCUT2D eigenvalue weighted by Crippen LogP contribution is -2.11. The van der Waals surface area contributed by atoms with Crippen molar-refractivity contribution in [2.45, 2.75) is 90.9 Å². The average molecular weight is 535 g/mol. The molecule has 0 rings (SSSR count). The lowest BCUT2D eigenvalue weighted by Gasteiger charge is -2.08. The van der Waals surface area contributed by atoms with Crippen molar-refractivity contribution in [2.24, 2.45) is 0 Å². The predicted molar refractivity (Wildman–Crippen MR) is 143 cm³/mol. The number of hydrogen-bond donors (Lipinski definition) is 0. The molecule has 0 fully saturated rings. The second-order valence-electron chi connectivity index (χ2n) is 8.83. The summed E-state index contributed by atoms with van der Waals surface area (Å²) < 4.78 is 37.8. The SMILES string of the molecule is CCCCOCCCOCCCOC(=O)CCCOCCCC(=O)OCCCOCCCOCCCC. The van der Waals surface area contributed by atoms with Crippen LogP contribution in [0.3, 0.4) is 0 Å². The lowest BCUT2D eigenvalue weighted by molar-refractivity contribution is -0.145. The summed E-state index contributed by atoms with van der Waals surface area (Å²) in [6, 6.07) is 0. The van der Waals surface area contributed by atoms with Crippen molar-refractivity contribution in [3.8, 4) is 0 Å². The summed E-state index contributed by atoms with van der Waals surface area (Å²) in [5, 5.41) is 0. The zero-order valence-corrected chi connectivity index (χ0v) is 23.6. The van der Waals surface area contributed by atoms with E-state index in [-0.39, 0.29) is 11.9 Å². The van der Waals surface area contributed by atoms with Gasteiger partial charge in [-0.2, -0.15) is 0 Å². The summed E-state index contributed by atoms with van der Waals surface area (Å²) in [6.07, 6.45) is 9.50. The molecule has 0 N–H and O–H groups in total. The van der Waals surface area contributed by atoms with Crippen LogP contribution in [-0.2, 0) is 42.7 Å². The Kier molecular flexibility index (Phi) is 29.9. The summed E-state index contributed by atoms with van der Waals surface area (Å²) in [5.41, 5.74) is 0. The van der Waals surface area contributed by atoms with Gasteiger partial charge in [0.15, 0.2) is 0 Å². The number of hydrogen-bond acceptors (Lipinski definition) is 9. The van der Waals surface area contributed by atoms with Crippen molar-refractivity contribution in [1.29, 1.82) is 0 Å². The van der Waals surface area contributed by atoms with Crippen LogP contribution in [0.25, 0.3) is 0 Å². The van der Waals surface area contributed by atoms with E-state index in [1.54, 1.807) is 0 Å². The van der Waals surface area contributed by atoms with Gasteiger partial charge in [-0.15, -0.1) is 0 Å². The first kappa shape index (κ1) is 35.7. The lowest BCUT2D eigenvalue weighted by atomic mass is 10.3. The highest BCUT2D eigenvalue weighted by Gasteiger charge is 2.05. The molecular weight excluding hydrogens is 480 g/mol. The van der Waals surface area contributed by atoms with Gasteiger partial charge in [-0.1, -0.05) is 26.7 Å². The Morgan fingerprint density at radius 2 is 0.649 bits per heavy atom. The van der Waals surface area contributed by atoms with Crippen molar-refractivity contribution < 1.29 is 42.7 Å². The van der Waals surface area contributed by atoms with Crippen LogP contribution in [0.4, 0.5) is 0 Å². The zero-order valence-electron chi connectivity index (χ0n) is 23.6. The highest BCUT2D eigenvalue weighted by atomic mass is 16.5. The molecule has 0 aromatic heterocycles. The largest absolute Gasteiger partial charge is 0.466 e. The van der Waals surface area contributed by atoms with E-state index < -0.39 is 0 Å². The van der Waals surface area contributed by atoms with Crippen LogP contribution in [0.5, 0.6) is 0 Å². The minimum atomic E-state index is -0.221. The maximum absolute atomic E-state index is 11.7. The molecule has 0 bridgehead atoms. The van der Waals surface area contributed by atoms with Gasteiger partial charge in [-0.25, -0.2) is 0 Å². The molecular formula is C28H54O9. The van der Waals surface area contributed by atoms with Crippen LogP contribution in [0.1, 0.15) is 90.9 Å². The molecule has 0 saturated carbocycles. The van der Waals surface area contributed by atoms with Crippen LogP contribution in [0, 0.1) is 0 Å². The summed E-state index contributed by atoms with van der Waals surface area (Å²) in [4.78, 5) is 23.4. The fourth-order valence-corrected chi connectivity index (χ4v) is 3.00. The highest BCUT2D eigenvalue weighted by Crippen LogP contribution is 2.00. The third kappa shape index (κ3) is 30.9. The molecule has 0 aromatic rings. The van der Waals surface area contributed by atoms with Gasteiger partial charge >= 0.3 is 11.9 Å². The van der Waals surface area contributed by atoms with Gasteiger partial charge in [0.05, 0.1) is 13.2 Å². The number of carbonyl (C=O) groups is 2. The first-order chi connectivity index (χ1) is 18.2. The van der Waals surface area contributed by atoms with E-state index in [9.17, 15) is 9.59 Å². The van der Waals surface area contributed by atoms with Gasteiger partial charge in [-0.05, 0) is 38.5 Å². The molecule has 0 heterocycles. The Hall–Kier alpha value is -1.26. The maximum Gasteiger partial charge on any atom is 0.305 e. The van der Waals surface area contributed by atoms with E-state index in [2.05, 4.69) is 13.8 Å². The first-order valence-corrected chi connectivity index (χ1v) is 14.4. The molecule has 0 aliphatic rings. The molecule has 0 unspecified atom stereocenters. The van der Waals surface area contributed by atoms with Gasteiger partial charge < -0.3 is 33.2 Å². The van der Waals surface area contributed by atoms with Gasteiger partial charge in [-0.3, -0.25) is 9.59 Å². The molecule has 0 aliphatic carbocycles. The van der Waals surface area contributed by atoms with Crippen LogP contribution in [0.2, 0.25) is 0 Å². The Balaban J connectivity index is 3.26. The van der Waals surface area contributed by atoms with Crippen LogP contribution >= 0.6 is 0 Å². The van der Waals surface area contributed by atoms with E-state index in [1.807, 2.05) is 0 Å². The third-order valence-corrected chi connectivity index (χ3v) is 5.17. The molecule has 9 heteroatoms. The topological polar surface area (TPSA) is 98.8 Å². The molecule has 9 nitrogen and oxygen atoms in total. The second-order valence-corrected chi connectivity index (χ2v) is 8.83. The Labute approximate surface area is 225 Å². The molecule has 0 aromatic carbocycles. The van der Waals surface area contributed by atoms with Gasteiger partial charge in [0.1, 0.15) is 0 Å². The normalized spacial score (nSPS) is 11.1. The van der Waals surface area contributed by atoms with Crippen molar-refractivity contribution in [2.75, 3.05) is 79.3 Å². The number of rotatable bonds is 30. The Morgan fingerprint density at radius 1 is 0.378 bits per heavy atom. The smallest absolute Gasteiger partial charge is 0.305 e. The second kappa shape index (κ2) is 31.0. The monoisotopic (exact) mass is 534 g/mol. The number of unbranched alkanes of at least 4 members (excludes halogenated alkanes) is 2. The van der Waals surface area contributed by atoms with E-state index >= 15 is 0 Å². The van der Waals surface area contributed by atoms with E-state index in [0.29, 0.717) is 91.4 Å². The van der Waals surface area contributed by atoms with E-state index in [4.69, 9.17) is 33.2 Å². The van der Waals surface area contributed by atoms with E-state index in [1.165, 1.54) is 0 Å². The van der Waals surface area contributed by atoms with Gasteiger partial charge in [0.25, 0.3) is 0 Å². The molecule has 0 radical (unpaired) electrons. The predicted octanol–water partition coefficient (Wildman–Crippen LogP) is 4.88. The molecule has 0 amide bonds.